The molecule has 0 atom stereocenters. The minimum Gasteiger partial charge on any atom is -0.493 e. The number of aliphatic carboxylic acids is 1. The van der Waals surface area contributed by atoms with E-state index in [0.717, 1.165) is 0 Å². The third kappa shape index (κ3) is 4.34. The summed E-state index contributed by atoms with van der Waals surface area (Å²) in [5.41, 5.74) is 0.340. The number of carbonyl (C=O) groups is 1. The quantitative estimate of drug-likeness (QED) is 0.875. The van der Waals surface area contributed by atoms with Crippen molar-refractivity contribution in [1.82, 2.24) is 0 Å². The molecule has 0 saturated carbocycles. The van der Waals surface area contributed by atoms with Crippen molar-refractivity contribution in [3.05, 3.63) is 23.8 Å². The molecule has 0 spiro atoms. The molecule has 1 rings (SSSR count). The monoisotopic (exact) mass is 238 g/mol. The Bertz CT molecular complexity index is 404. The van der Waals surface area contributed by atoms with Crippen molar-refractivity contribution < 1.29 is 19.4 Å². The first-order valence-electron chi connectivity index (χ1n) is 5.39. The van der Waals surface area contributed by atoms with E-state index in [-0.39, 0.29) is 12.0 Å². The summed E-state index contributed by atoms with van der Waals surface area (Å²) in [6, 6.07) is 5.15. The van der Waals surface area contributed by atoms with Gasteiger partial charge < -0.3 is 14.6 Å². The molecule has 0 aliphatic carbocycles. The Morgan fingerprint density at radius 3 is 2.41 bits per heavy atom. The van der Waals surface area contributed by atoms with Crippen molar-refractivity contribution in [1.29, 1.82) is 0 Å². The van der Waals surface area contributed by atoms with E-state index in [0.29, 0.717) is 17.1 Å². The van der Waals surface area contributed by atoms with Gasteiger partial charge >= 0.3 is 5.97 Å². The highest BCUT2D eigenvalue weighted by atomic mass is 16.5. The summed E-state index contributed by atoms with van der Waals surface area (Å²) in [5, 5.41) is 8.74. The number of hydrogen-bond donors (Lipinski definition) is 1. The zero-order valence-electron chi connectivity index (χ0n) is 10.6. The largest absolute Gasteiger partial charge is 0.493 e. The van der Waals surface area contributed by atoms with Gasteiger partial charge in [-0.1, -0.05) is 6.07 Å². The number of carboxylic acid groups (broad SMARTS) is 1. The van der Waals surface area contributed by atoms with Gasteiger partial charge in [0.15, 0.2) is 11.5 Å². The molecule has 0 unspecified atom stereocenters. The van der Waals surface area contributed by atoms with Crippen LogP contribution in [-0.4, -0.2) is 23.8 Å². The molecule has 1 N–H and O–H groups in total. The second kappa shape index (κ2) is 5.08. The molecule has 0 amide bonds. The third-order valence-corrected chi connectivity index (χ3v) is 2.00. The summed E-state index contributed by atoms with van der Waals surface area (Å²) >= 11 is 0. The number of ether oxygens (including phenoxy) is 2. The van der Waals surface area contributed by atoms with Crippen LogP contribution in [0.2, 0.25) is 0 Å². The summed E-state index contributed by atoms with van der Waals surface area (Å²) in [4.78, 5) is 10.6. The fourth-order valence-corrected chi connectivity index (χ4v) is 1.42. The average molecular weight is 238 g/mol. The van der Waals surface area contributed by atoms with Gasteiger partial charge in [0.1, 0.15) is 5.60 Å². The average Bonchev–Trinajstić information content (AvgIpc) is 2.14. The van der Waals surface area contributed by atoms with Gasteiger partial charge in [-0.25, -0.2) is 0 Å². The zero-order valence-corrected chi connectivity index (χ0v) is 10.6. The van der Waals surface area contributed by atoms with Crippen molar-refractivity contribution in [3.8, 4) is 11.5 Å². The van der Waals surface area contributed by atoms with Crippen LogP contribution >= 0.6 is 0 Å². The Morgan fingerprint density at radius 1 is 1.29 bits per heavy atom. The van der Waals surface area contributed by atoms with Crippen LogP contribution in [0, 0.1) is 0 Å². The van der Waals surface area contributed by atoms with Crippen LogP contribution in [0.1, 0.15) is 26.3 Å². The van der Waals surface area contributed by atoms with Crippen molar-refractivity contribution >= 4 is 5.97 Å². The normalized spacial score (nSPS) is 11.1. The minimum atomic E-state index is -0.864. The second-order valence-corrected chi connectivity index (χ2v) is 4.77. The number of methoxy groups -OCH3 is 1. The highest BCUT2D eigenvalue weighted by Crippen LogP contribution is 2.31. The van der Waals surface area contributed by atoms with Crippen LogP contribution in [-0.2, 0) is 11.2 Å². The third-order valence-electron chi connectivity index (χ3n) is 2.00. The Hall–Kier alpha value is -1.71. The SMILES string of the molecule is COc1ccc(CC(=O)O)cc1OC(C)(C)C. The zero-order chi connectivity index (χ0) is 13.1. The molecule has 1 aromatic rings. The number of benzene rings is 1. The van der Waals surface area contributed by atoms with E-state index in [1.165, 1.54) is 0 Å². The molecule has 0 radical (unpaired) electrons. The first-order chi connectivity index (χ1) is 7.81. The summed E-state index contributed by atoms with van der Waals surface area (Å²) in [6.45, 7) is 5.78. The molecule has 0 aliphatic rings. The minimum absolute atomic E-state index is 0.0233. The van der Waals surface area contributed by atoms with Crippen LogP contribution in [0.25, 0.3) is 0 Å². The van der Waals surface area contributed by atoms with Crippen LogP contribution in [0.4, 0.5) is 0 Å². The fraction of sp³-hybridized carbons (Fsp3) is 0.462. The Morgan fingerprint density at radius 2 is 1.94 bits per heavy atom. The molecule has 0 bridgehead atoms. The molecule has 17 heavy (non-hydrogen) atoms. The van der Waals surface area contributed by atoms with Crippen LogP contribution < -0.4 is 9.47 Å². The standard InChI is InChI=1S/C13H18O4/c1-13(2,3)17-11-7-9(8-12(14)15)5-6-10(11)16-4/h5-7H,8H2,1-4H3,(H,14,15). The summed E-state index contributed by atoms with van der Waals surface area (Å²) in [5.74, 6) is 0.310. The van der Waals surface area contributed by atoms with Gasteiger partial charge in [-0.2, -0.15) is 0 Å². The Kier molecular flexibility index (Phi) is 3.99. The lowest BCUT2D eigenvalue weighted by molar-refractivity contribution is -0.136. The highest BCUT2D eigenvalue weighted by Gasteiger charge is 2.16. The van der Waals surface area contributed by atoms with Gasteiger partial charge in [-0.05, 0) is 38.5 Å². The second-order valence-electron chi connectivity index (χ2n) is 4.77. The number of rotatable bonds is 4. The first kappa shape index (κ1) is 13.4. The molecule has 0 aromatic heterocycles. The lowest BCUT2D eigenvalue weighted by Crippen LogP contribution is -2.23. The van der Waals surface area contributed by atoms with Crippen molar-refractivity contribution in [2.45, 2.75) is 32.8 Å². The molecule has 0 saturated heterocycles. The highest BCUT2D eigenvalue weighted by molar-refractivity contribution is 5.70. The molecule has 4 nitrogen and oxygen atoms in total. The smallest absolute Gasteiger partial charge is 0.307 e. The number of carboxylic acids is 1. The fourth-order valence-electron chi connectivity index (χ4n) is 1.42. The maximum atomic E-state index is 10.6. The molecule has 4 heteroatoms. The van der Waals surface area contributed by atoms with E-state index in [9.17, 15) is 4.79 Å². The van der Waals surface area contributed by atoms with E-state index in [1.54, 1.807) is 25.3 Å². The topological polar surface area (TPSA) is 55.8 Å². The van der Waals surface area contributed by atoms with Crippen molar-refractivity contribution in [2.24, 2.45) is 0 Å². The Balaban J connectivity index is 3.02. The molecule has 0 aliphatic heterocycles. The van der Waals surface area contributed by atoms with E-state index >= 15 is 0 Å². The van der Waals surface area contributed by atoms with Crippen molar-refractivity contribution in [3.63, 3.8) is 0 Å². The predicted molar refractivity (Wildman–Crippen MR) is 64.7 cm³/mol. The maximum absolute atomic E-state index is 10.6. The van der Waals surface area contributed by atoms with E-state index in [1.807, 2.05) is 20.8 Å². The molecule has 1 aromatic carbocycles. The maximum Gasteiger partial charge on any atom is 0.307 e. The lowest BCUT2D eigenvalue weighted by Gasteiger charge is -2.23. The van der Waals surface area contributed by atoms with E-state index in [4.69, 9.17) is 14.6 Å². The Labute approximate surface area is 101 Å². The van der Waals surface area contributed by atoms with Crippen LogP contribution in [0.5, 0.6) is 11.5 Å². The molecule has 94 valence electrons. The molecule has 0 fully saturated rings. The number of hydrogen-bond acceptors (Lipinski definition) is 3. The molecule has 0 heterocycles. The van der Waals surface area contributed by atoms with Gasteiger partial charge in [0.25, 0.3) is 0 Å². The first-order valence-corrected chi connectivity index (χ1v) is 5.39. The van der Waals surface area contributed by atoms with E-state index in [2.05, 4.69) is 0 Å². The van der Waals surface area contributed by atoms with Gasteiger partial charge in [0.05, 0.1) is 13.5 Å². The van der Waals surface area contributed by atoms with Gasteiger partial charge in [-0.3, -0.25) is 4.79 Å². The van der Waals surface area contributed by atoms with Gasteiger partial charge in [0, 0.05) is 0 Å². The van der Waals surface area contributed by atoms with Gasteiger partial charge in [0.2, 0.25) is 0 Å². The predicted octanol–water partition coefficient (Wildman–Crippen LogP) is 2.50. The molecular weight excluding hydrogens is 220 g/mol. The summed E-state index contributed by atoms with van der Waals surface area (Å²) in [7, 11) is 1.56. The van der Waals surface area contributed by atoms with Crippen LogP contribution in [0.3, 0.4) is 0 Å². The van der Waals surface area contributed by atoms with E-state index < -0.39 is 5.97 Å². The summed E-state index contributed by atoms with van der Waals surface area (Å²) in [6.07, 6.45) is -0.0233. The van der Waals surface area contributed by atoms with Gasteiger partial charge in [-0.15, -0.1) is 0 Å². The lowest BCUT2D eigenvalue weighted by atomic mass is 10.1. The van der Waals surface area contributed by atoms with Crippen molar-refractivity contribution in [2.75, 3.05) is 7.11 Å². The van der Waals surface area contributed by atoms with Crippen LogP contribution in [0.15, 0.2) is 18.2 Å². The molecular formula is C13H18O4. The summed E-state index contributed by atoms with van der Waals surface area (Å²) < 4.78 is 10.9.